The van der Waals surface area contributed by atoms with E-state index in [0.29, 0.717) is 25.5 Å². The van der Waals surface area contributed by atoms with E-state index in [1.165, 1.54) is 11.3 Å². The van der Waals surface area contributed by atoms with Gasteiger partial charge in [-0.2, -0.15) is 0 Å². The molecule has 140 valence electrons. The van der Waals surface area contributed by atoms with Crippen molar-refractivity contribution in [2.24, 2.45) is 5.92 Å². The van der Waals surface area contributed by atoms with Gasteiger partial charge in [-0.05, 0) is 25.9 Å². The second-order valence-electron chi connectivity index (χ2n) is 6.31. The number of rotatable bonds is 4. The van der Waals surface area contributed by atoms with Gasteiger partial charge >= 0.3 is 0 Å². The van der Waals surface area contributed by atoms with Gasteiger partial charge in [-0.1, -0.05) is 5.92 Å². The fraction of sp³-hybridized carbons (Fsp3) is 0.588. The third-order valence-corrected chi connectivity index (χ3v) is 5.48. The second kappa shape index (κ2) is 8.98. The van der Waals surface area contributed by atoms with E-state index in [1.54, 1.807) is 5.38 Å². The molecule has 26 heavy (non-hydrogen) atoms. The number of anilines is 1. The molecular weight excluding hydrogens is 354 g/mol. The molecule has 0 bridgehead atoms. The van der Waals surface area contributed by atoms with Crippen molar-refractivity contribution in [2.45, 2.75) is 12.8 Å². The van der Waals surface area contributed by atoms with Gasteiger partial charge in [0.15, 0.2) is 5.13 Å². The lowest BCUT2D eigenvalue weighted by Gasteiger charge is -2.29. The standard InChI is InChI=1S/C17H23N5O3S/c1-2-5-21-6-3-13(4-7-21)15(23)19-20-16(24)14-12-26-17(18-14)22-8-10-25-11-9-22/h1,12-13H,3-11H2,(H,19,23)(H,20,24). The number of nitrogens with zero attached hydrogens (tertiary/aromatic N) is 3. The van der Waals surface area contributed by atoms with Gasteiger partial charge in [0, 0.05) is 24.4 Å². The van der Waals surface area contributed by atoms with E-state index >= 15 is 0 Å². The number of terminal acetylenes is 1. The molecule has 2 aliphatic rings. The smallest absolute Gasteiger partial charge is 0.289 e. The molecule has 9 heteroatoms. The van der Waals surface area contributed by atoms with E-state index < -0.39 is 5.91 Å². The minimum atomic E-state index is -0.404. The average Bonchev–Trinajstić information content (AvgIpc) is 3.18. The molecule has 0 aromatic carbocycles. The quantitative estimate of drug-likeness (QED) is 0.571. The largest absolute Gasteiger partial charge is 0.378 e. The summed E-state index contributed by atoms with van der Waals surface area (Å²) in [6.45, 7) is 5.07. The Bertz CT molecular complexity index is 672. The highest BCUT2D eigenvalue weighted by atomic mass is 32.1. The van der Waals surface area contributed by atoms with E-state index in [2.05, 4.69) is 31.6 Å². The molecule has 1 aromatic rings. The SMILES string of the molecule is C#CCN1CCC(C(=O)NNC(=O)c2csc(N3CCOCC3)n2)CC1. The van der Waals surface area contributed by atoms with E-state index in [1.807, 2.05) is 0 Å². The minimum absolute atomic E-state index is 0.108. The summed E-state index contributed by atoms with van der Waals surface area (Å²) in [5.74, 6) is 1.94. The van der Waals surface area contributed by atoms with Gasteiger partial charge in [0.1, 0.15) is 5.69 Å². The highest BCUT2D eigenvalue weighted by Gasteiger charge is 2.25. The topological polar surface area (TPSA) is 86.8 Å². The summed E-state index contributed by atoms with van der Waals surface area (Å²) in [4.78, 5) is 33.0. The molecule has 2 saturated heterocycles. The molecule has 3 rings (SSSR count). The number of aromatic nitrogens is 1. The molecule has 2 aliphatic heterocycles. The molecule has 0 radical (unpaired) electrons. The Morgan fingerprint density at radius 1 is 1.27 bits per heavy atom. The predicted molar refractivity (Wildman–Crippen MR) is 98.8 cm³/mol. The maximum atomic E-state index is 12.2. The van der Waals surface area contributed by atoms with Crippen molar-refractivity contribution in [1.29, 1.82) is 0 Å². The fourth-order valence-corrected chi connectivity index (χ4v) is 3.89. The zero-order valence-electron chi connectivity index (χ0n) is 14.6. The predicted octanol–water partition coefficient (Wildman–Crippen LogP) is 0.0859. The monoisotopic (exact) mass is 377 g/mol. The molecule has 3 heterocycles. The minimum Gasteiger partial charge on any atom is -0.378 e. The van der Waals surface area contributed by atoms with Gasteiger partial charge < -0.3 is 9.64 Å². The summed E-state index contributed by atoms with van der Waals surface area (Å²) >= 11 is 1.42. The van der Waals surface area contributed by atoms with E-state index in [9.17, 15) is 9.59 Å². The van der Waals surface area contributed by atoms with Crippen LogP contribution in [-0.4, -0.2) is 67.6 Å². The third kappa shape index (κ3) is 4.72. The average molecular weight is 377 g/mol. The Morgan fingerprint density at radius 2 is 2.00 bits per heavy atom. The summed E-state index contributed by atoms with van der Waals surface area (Å²) < 4.78 is 5.31. The van der Waals surface area contributed by atoms with Crippen LogP contribution in [0.25, 0.3) is 0 Å². The van der Waals surface area contributed by atoms with Crippen LogP contribution in [0.4, 0.5) is 5.13 Å². The van der Waals surface area contributed by atoms with Crippen LogP contribution in [0.1, 0.15) is 23.3 Å². The molecule has 0 aliphatic carbocycles. The number of hydrogen-bond acceptors (Lipinski definition) is 7. The lowest BCUT2D eigenvalue weighted by Crippen LogP contribution is -2.47. The molecule has 0 saturated carbocycles. The first-order valence-electron chi connectivity index (χ1n) is 8.71. The number of piperidine rings is 1. The highest BCUT2D eigenvalue weighted by Crippen LogP contribution is 2.21. The number of nitrogens with one attached hydrogen (secondary N) is 2. The zero-order chi connectivity index (χ0) is 18.4. The Labute approximate surface area is 156 Å². The van der Waals surface area contributed by atoms with Gasteiger partial charge in [-0.3, -0.25) is 25.3 Å². The first-order valence-corrected chi connectivity index (χ1v) is 9.59. The molecule has 1 aromatic heterocycles. The van der Waals surface area contributed by atoms with Crippen molar-refractivity contribution >= 4 is 28.3 Å². The summed E-state index contributed by atoms with van der Waals surface area (Å²) in [5, 5.41) is 2.50. The van der Waals surface area contributed by atoms with Crippen LogP contribution in [0.2, 0.25) is 0 Å². The van der Waals surface area contributed by atoms with Crippen LogP contribution >= 0.6 is 11.3 Å². The normalized spacial score (nSPS) is 19.0. The van der Waals surface area contributed by atoms with E-state index in [0.717, 1.165) is 44.2 Å². The van der Waals surface area contributed by atoms with Crippen LogP contribution in [0.3, 0.4) is 0 Å². The number of hydrogen-bond donors (Lipinski definition) is 2. The van der Waals surface area contributed by atoms with Crippen LogP contribution in [0.5, 0.6) is 0 Å². The van der Waals surface area contributed by atoms with E-state index in [4.69, 9.17) is 11.2 Å². The van der Waals surface area contributed by atoms with Gasteiger partial charge in [0.2, 0.25) is 5.91 Å². The third-order valence-electron chi connectivity index (χ3n) is 4.58. The first kappa shape index (κ1) is 18.6. The van der Waals surface area contributed by atoms with Gasteiger partial charge in [-0.25, -0.2) is 4.98 Å². The second-order valence-corrected chi connectivity index (χ2v) is 7.15. The summed E-state index contributed by atoms with van der Waals surface area (Å²) in [5.41, 5.74) is 5.29. The summed E-state index contributed by atoms with van der Waals surface area (Å²) in [6, 6.07) is 0. The van der Waals surface area contributed by atoms with Crippen molar-refractivity contribution in [3.05, 3.63) is 11.1 Å². The number of carbonyl (C=O) groups excluding carboxylic acids is 2. The van der Waals surface area contributed by atoms with E-state index in [-0.39, 0.29) is 11.8 Å². The van der Waals surface area contributed by atoms with Crippen LogP contribution in [-0.2, 0) is 9.53 Å². The summed E-state index contributed by atoms with van der Waals surface area (Å²) in [7, 11) is 0. The lowest BCUT2D eigenvalue weighted by molar-refractivity contribution is -0.127. The van der Waals surface area contributed by atoms with Gasteiger partial charge in [0.25, 0.3) is 5.91 Å². The lowest BCUT2D eigenvalue weighted by atomic mass is 9.96. The highest BCUT2D eigenvalue weighted by molar-refractivity contribution is 7.13. The number of thiazole rings is 1. The van der Waals surface area contributed by atoms with Crippen LogP contribution < -0.4 is 15.8 Å². The van der Waals surface area contributed by atoms with Crippen LogP contribution in [0.15, 0.2) is 5.38 Å². The van der Waals surface area contributed by atoms with Crippen molar-refractivity contribution < 1.29 is 14.3 Å². The fourth-order valence-electron chi connectivity index (χ4n) is 3.04. The summed E-state index contributed by atoms with van der Waals surface area (Å²) in [6.07, 6.45) is 6.78. The Kier molecular flexibility index (Phi) is 6.44. The maximum Gasteiger partial charge on any atom is 0.289 e. The van der Waals surface area contributed by atoms with Crippen molar-refractivity contribution in [2.75, 3.05) is 50.8 Å². The van der Waals surface area contributed by atoms with Crippen molar-refractivity contribution in [3.8, 4) is 12.3 Å². The van der Waals surface area contributed by atoms with Gasteiger partial charge in [-0.15, -0.1) is 17.8 Å². The molecule has 0 spiro atoms. The molecule has 8 nitrogen and oxygen atoms in total. The number of ether oxygens (including phenoxy) is 1. The number of likely N-dealkylation sites (tertiary alicyclic amines) is 1. The Balaban J connectivity index is 1.44. The number of carbonyl (C=O) groups is 2. The van der Waals surface area contributed by atoms with Gasteiger partial charge in [0.05, 0.1) is 19.8 Å². The zero-order valence-corrected chi connectivity index (χ0v) is 15.4. The maximum absolute atomic E-state index is 12.2. The van der Waals surface area contributed by atoms with Crippen LogP contribution in [0, 0.1) is 18.3 Å². The first-order chi connectivity index (χ1) is 12.7. The van der Waals surface area contributed by atoms with Crippen molar-refractivity contribution in [1.82, 2.24) is 20.7 Å². The molecule has 0 atom stereocenters. The number of amides is 2. The molecule has 2 fully saturated rings. The Hall–Kier alpha value is -2.15. The number of morpholine rings is 1. The molecule has 2 N–H and O–H groups in total. The number of hydrazine groups is 1. The molecular formula is C17H23N5O3S. The molecule has 0 unspecified atom stereocenters. The Morgan fingerprint density at radius 3 is 2.69 bits per heavy atom. The van der Waals surface area contributed by atoms with Crippen molar-refractivity contribution in [3.63, 3.8) is 0 Å². The molecule has 2 amide bonds.